The van der Waals surface area contributed by atoms with E-state index in [0.29, 0.717) is 0 Å². The van der Waals surface area contributed by atoms with Gasteiger partial charge in [-0.25, -0.2) is 0 Å². The zero-order valence-corrected chi connectivity index (χ0v) is 13.6. The molecule has 2 rings (SSSR count). The van der Waals surface area contributed by atoms with E-state index in [1.165, 1.54) is 11.1 Å². The van der Waals surface area contributed by atoms with Crippen molar-refractivity contribution in [2.75, 3.05) is 7.11 Å². The maximum Gasteiger partial charge on any atom is 0.134 e. The maximum atomic E-state index is 6.11. The first-order chi connectivity index (χ1) is 10.5. The Bertz CT molecular complexity index is 712. The summed E-state index contributed by atoms with van der Waals surface area (Å²) in [6.45, 7) is 9.96. The van der Waals surface area contributed by atoms with Gasteiger partial charge in [-0.2, -0.15) is 0 Å². The lowest BCUT2D eigenvalue weighted by Gasteiger charge is -2.14. The van der Waals surface area contributed by atoms with E-state index >= 15 is 0 Å². The van der Waals surface area contributed by atoms with Gasteiger partial charge in [-0.3, -0.25) is 0 Å². The third-order valence-electron chi connectivity index (χ3n) is 3.42. The molecular formula is C20H22O2. The smallest absolute Gasteiger partial charge is 0.134 e. The summed E-state index contributed by atoms with van der Waals surface area (Å²) in [5.74, 6) is 2.32. The third-order valence-corrected chi connectivity index (χ3v) is 3.42. The molecule has 0 radical (unpaired) electrons. The number of ether oxygens (including phenoxy) is 2. The third kappa shape index (κ3) is 3.79. The lowest BCUT2D eigenvalue weighted by molar-refractivity contribution is 0.410. The van der Waals surface area contributed by atoms with Crippen LogP contribution in [0.2, 0.25) is 0 Å². The average molecular weight is 294 g/mol. The minimum absolute atomic E-state index is 0.755. The fraction of sp³-hybridized carbons (Fsp3) is 0.200. The number of aryl methyl sites for hydroxylation is 3. The van der Waals surface area contributed by atoms with Crippen molar-refractivity contribution in [2.45, 2.75) is 20.8 Å². The van der Waals surface area contributed by atoms with Gasteiger partial charge in [0.2, 0.25) is 0 Å². The summed E-state index contributed by atoms with van der Waals surface area (Å²) in [4.78, 5) is 0. The topological polar surface area (TPSA) is 18.5 Å². The van der Waals surface area contributed by atoms with Gasteiger partial charge in [-0.05, 0) is 56.2 Å². The highest BCUT2D eigenvalue weighted by Gasteiger charge is 2.09. The fourth-order valence-corrected chi connectivity index (χ4v) is 2.30. The lowest BCUT2D eigenvalue weighted by atomic mass is 10.0. The van der Waals surface area contributed by atoms with Crippen LogP contribution in [-0.2, 0) is 0 Å². The summed E-state index contributed by atoms with van der Waals surface area (Å²) >= 11 is 0. The molecule has 2 aromatic rings. The molecule has 0 heterocycles. The highest BCUT2D eigenvalue weighted by Crippen LogP contribution is 2.28. The molecule has 0 aliphatic heterocycles. The Kier molecular flexibility index (Phi) is 5.05. The van der Waals surface area contributed by atoms with Gasteiger partial charge < -0.3 is 9.47 Å². The van der Waals surface area contributed by atoms with Crippen LogP contribution in [0.1, 0.15) is 22.3 Å². The molecular weight excluding hydrogens is 272 g/mol. The fourth-order valence-electron chi connectivity index (χ4n) is 2.30. The lowest BCUT2D eigenvalue weighted by Crippen LogP contribution is -1.99. The second-order valence-electron chi connectivity index (χ2n) is 5.37. The van der Waals surface area contributed by atoms with Crippen molar-refractivity contribution in [3.63, 3.8) is 0 Å². The van der Waals surface area contributed by atoms with E-state index in [2.05, 4.69) is 38.6 Å². The molecule has 0 aromatic heterocycles. The first-order valence-electron chi connectivity index (χ1n) is 7.27. The molecule has 22 heavy (non-hydrogen) atoms. The first kappa shape index (κ1) is 15.9. The second kappa shape index (κ2) is 6.99. The van der Waals surface area contributed by atoms with Gasteiger partial charge in [0, 0.05) is 11.6 Å². The van der Waals surface area contributed by atoms with Crippen molar-refractivity contribution in [3.05, 3.63) is 77.4 Å². The zero-order valence-electron chi connectivity index (χ0n) is 13.6. The van der Waals surface area contributed by atoms with Gasteiger partial charge in [0.05, 0.1) is 7.11 Å². The molecule has 2 aromatic carbocycles. The quantitative estimate of drug-likeness (QED) is 0.555. The Hall–Kier alpha value is -2.48. The molecule has 2 nitrogen and oxygen atoms in total. The second-order valence-corrected chi connectivity index (χ2v) is 5.37. The normalized spacial score (nSPS) is 11.2. The van der Waals surface area contributed by atoms with Gasteiger partial charge in [0.25, 0.3) is 0 Å². The van der Waals surface area contributed by atoms with Crippen LogP contribution in [0.3, 0.4) is 0 Å². The molecule has 2 heteroatoms. The molecule has 0 aliphatic rings. The monoisotopic (exact) mass is 294 g/mol. The van der Waals surface area contributed by atoms with Crippen molar-refractivity contribution in [3.8, 4) is 11.5 Å². The van der Waals surface area contributed by atoms with E-state index in [1.54, 1.807) is 13.2 Å². The molecule has 0 amide bonds. The number of methoxy groups -OCH3 is 1. The SMILES string of the molecule is C=C/C=C(/Oc1cc(C)cc(OC)c1)c1cc(C)ccc1C. The van der Waals surface area contributed by atoms with Crippen LogP contribution < -0.4 is 9.47 Å². The highest BCUT2D eigenvalue weighted by molar-refractivity contribution is 5.67. The van der Waals surface area contributed by atoms with Crippen molar-refractivity contribution in [1.82, 2.24) is 0 Å². The molecule has 0 saturated carbocycles. The van der Waals surface area contributed by atoms with Crippen LogP contribution in [0.15, 0.2) is 55.1 Å². The molecule has 0 aliphatic carbocycles. The highest BCUT2D eigenvalue weighted by atomic mass is 16.5. The minimum atomic E-state index is 0.755. The number of hydrogen-bond acceptors (Lipinski definition) is 2. The molecule has 0 fully saturated rings. The zero-order chi connectivity index (χ0) is 16.1. The van der Waals surface area contributed by atoms with E-state index in [9.17, 15) is 0 Å². The van der Waals surface area contributed by atoms with Gasteiger partial charge >= 0.3 is 0 Å². The standard InChI is InChI=1S/C20H22O2/c1-6-7-20(19-12-14(2)8-9-16(19)4)22-18-11-15(3)10-17(13-18)21-5/h6-13H,1H2,2-5H3/b20-7+. The van der Waals surface area contributed by atoms with Gasteiger partial charge in [-0.15, -0.1) is 0 Å². The van der Waals surface area contributed by atoms with Crippen LogP contribution in [0.5, 0.6) is 11.5 Å². The van der Waals surface area contributed by atoms with Crippen LogP contribution >= 0.6 is 0 Å². The number of rotatable bonds is 5. The predicted octanol–water partition coefficient (Wildman–Crippen LogP) is 5.23. The Morgan fingerprint density at radius 3 is 2.36 bits per heavy atom. The summed E-state index contributed by atoms with van der Waals surface area (Å²) in [7, 11) is 1.66. The van der Waals surface area contributed by atoms with Gasteiger partial charge in [0.1, 0.15) is 17.3 Å². The minimum Gasteiger partial charge on any atom is -0.497 e. The average Bonchev–Trinajstić information content (AvgIpc) is 2.48. The van der Waals surface area contributed by atoms with Gasteiger partial charge in [0.15, 0.2) is 0 Å². The van der Waals surface area contributed by atoms with E-state index in [0.717, 1.165) is 28.4 Å². The summed E-state index contributed by atoms with van der Waals surface area (Å²) < 4.78 is 11.4. The number of benzene rings is 2. The largest absolute Gasteiger partial charge is 0.497 e. The van der Waals surface area contributed by atoms with Crippen molar-refractivity contribution < 1.29 is 9.47 Å². The summed E-state index contributed by atoms with van der Waals surface area (Å²) in [6, 6.07) is 12.2. The van der Waals surface area contributed by atoms with E-state index in [-0.39, 0.29) is 0 Å². The molecule has 0 N–H and O–H groups in total. The van der Waals surface area contributed by atoms with Crippen molar-refractivity contribution in [2.24, 2.45) is 0 Å². The maximum absolute atomic E-state index is 6.11. The van der Waals surface area contributed by atoms with Crippen molar-refractivity contribution >= 4 is 5.76 Å². The van der Waals surface area contributed by atoms with Crippen LogP contribution in [0.25, 0.3) is 5.76 Å². The van der Waals surface area contributed by atoms with Crippen LogP contribution in [-0.4, -0.2) is 7.11 Å². The number of allylic oxidation sites excluding steroid dienone is 2. The Balaban J connectivity index is 2.42. The van der Waals surface area contributed by atoms with Crippen LogP contribution in [0.4, 0.5) is 0 Å². The summed E-state index contributed by atoms with van der Waals surface area (Å²) in [6.07, 6.45) is 3.63. The molecule has 0 bridgehead atoms. The van der Waals surface area contributed by atoms with E-state index in [4.69, 9.17) is 9.47 Å². The molecule has 0 saturated heterocycles. The Morgan fingerprint density at radius 1 is 0.955 bits per heavy atom. The summed E-state index contributed by atoms with van der Waals surface area (Å²) in [5, 5.41) is 0. The number of hydrogen-bond donors (Lipinski definition) is 0. The predicted molar refractivity (Wildman–Crippen MR) is 92.4 cm³/mol. The Labute approximate surface area is 132 Å². The van der Waals surface area contributed by atoms with E-state index in [1.807, 2.05) is 31.2 Å². The molecule has 0 atom stereocenters. The molecule has 0 unspecified atom stereocenters. The Morgan fingerprint density at radius 2 is 1.68 bits per heavy atom. The molecule has 114 valence electrons. The summed E-state index contributed by atoms with van der Waals surface area (Å²) in [5.41, 5.74) is 4.52. The van der Waals surface area contributed by atoms with Gasteiger partial charge in [-0.1, -0.05) is 30.4 Å². The van der Waals surface area contributed by atoms with Crippen LogP contribution in [0, 0.1) is 20.8 Å². The van der Waals surface area contributed by atoms with E-state index < -0.39 is 0 Å². The van der Waals surface area contributed by atoms with Crippen molar-refractivity contribution in [1.29, 1.82) is 0 Å². The molecule has 0 spiro atoms. The first-order valence-corrected chi connectivity index (χ1v) is 7.27.